The molecule has 146 valence electrons. The first-order valence-corrected chi connectivity index (χ1v) is 10.3. The van der Waals surface area contributed by atoms with Gasteiger partial charge in [-0.2, -0.15) is 5.26 Å². The highest BCUT2D eigenvalue weighted by molar-refractivity contribution is 8.00. The molecule has 0 amide bonds. The van der Waals surface area contributed by atoms with Gasteiger partial charge in [0.2, 0.25) is 0 Å². The number of rotatable bonds is 5. The predicted octanol–water partition coefficient (Wildman–Crippen LogP) is 5.36. The molecular formula is C23H13ClN2O3S. The van der Waals surface area contributed by atoms with Gasteiger partial charge in [-0.3, -0.25) is 4.79 Å². The lowest BCUT2D eigenvalue weighted by Crippen LogP contribution is -2.15. The van der Waals surface area contributed by atoms with Gasteiger partial charge in [0.15, 0.2) is 5.78 Å². The average Bonchev–Trinajstić information content (AvgIpc) is 2.77. The van der Waals surface area contributed by atoms with Crippen molar-refractivity contribution in [2.45, 2.75) is 5.03 Å². The molecule has 0 saturated carbocycles. The number of fused-ring (bicyclic) bond motifs is 1. The Labute approximate surface area is 180 Å². The number of hydrogen-bond acceptors (Lipinski definition) is 6. The Morgan fingerprint density at radius 2 is 1.87 bits per heavy atom. The van der Waals surface area contributed by atoms with Crippen LogP contribution in [0.4, 0.5) is 0 Å². The van der Waals surface area contributed by atoms with Crippen LogP contribution in [0.15, 0.2) is 81.0 Å². The number of para-hydroxylation sites is 1. The summed E-state index contributed by atoms with van der Waals surface area (Å²) in [5.41, 5.74) is 1.58. The molecule has 0 fully saturated rings. The highest BCUT2D eigenvalue weighted by Crippen LogP contribution is 2.27. The van der Waals surface area contributed by atoms with Gasteiger partial charge in [-0.05, 0) is 36.4 Å². The first-order valence-electron chi connectivity index (χ1n) is 8.91. The van der Waals surface area contributed by atoms with Crippen molar-refractivity contribution < 1.29 is 9.21 Å². The number of benzene rings is 2. The third-order valence-electron chi connectivity index (χ3n) is 4.40. The zero-order valence-electron chi connectivity index (χ0n) is 15.5. The molecule has 0 N–H and O–H groups in total. The lowest BCUT2D eigenvalue weighted by Gasteiger charge is -2.07. The molecule has 0 unspecified atom stereocenters. The van der Waals surface area contributed by atoms with Gasteiger partial charge in [0.25, 0.3) is 0 Å². The van der Waals surface area contributed by atoms with Crippen LogP contribution in [0.3, 0.4) is 0 Å². The molecule has 0 atom stereocenters. The van der Waals surface area contributed by atoms with Crippen molar-refractivity contribution in [2.75, 3.05) is 5.75 Å². The summed E-state index contributed by atoms with van der Waals surface area (Å²) in [4.78, 5) is 29.4. The van der Waals surface area contributed by atoms with Gasteiger partial charge in [-0.15, -0.1) is 0 Å². The normalized spacial score (nSPS) is 10.7. The Kier molecular flexibility index (Phi) is 5.66. The van der Waals surface area contributed by atoms with Crippen molar-refractivity contribution in [3.05, 3.63) is 93.3 Å². The number of nitriles is 1. The van der Waals surface area contributed by atoms with Crippen LogP contribution in [0.5, 0.6) is 0 Å². The molecule has 0 aliphatic rings. The van der Waals surface area contributed by atoms with E-state index in [-0.39, 0.29) is 17.1 Å². The third-order valence-corrected chi connectivity index (χ3v) is 5.65. The summed E-state index contributed by atoms with van der Waals surface area (Å²) in [7, 11) is 0. The van der Waals surface area contributed by atoms with Gasteiger partial charge in [-0.25, -0.2) is 9.78 Å². The van der Waals surface area contributed by atoms with E-state index in [1.54, 1.807) is 48.5 Å². The first-order chi connectivity index (χ1) is 14.5. The minimum atomic E-state index is -0.678. The summed E-state index contributed by atoms with van der Waals surface area (Å²) in [5.74, 6) is -0.434. The Balaban J connectivity index is 1.60. The van der Waals surface area contributed by atoms with Crippen LogP contribution in [0.2, 0.25) is 5.02 Å². The van der Waals surface area contributed by atoms with E-state index in [0.29, 0.717) is 32.3 Å². The summed E-state index contributed by atoms with van der Waals surface area (Å²) in [6.07, 6.45) is 0. The Bertz CT molecular complexity index is 1360. The number of pyridine rings is 1. The second-order valence-electron chi connectivity index (χ2n) is 6.37. The van der Waals surface area contributed by atoms with Crippen LogP contribution in [0.25, 0.3) is 22.2 Å². The SMILES string of the molecule is N#Cc1ccc(-c2ccc(Cl)cc2)nc1SCC(=O)c1cc2ccccc2oc1=O. The van der Waals surface area contributed by atoms with E-state index in [1.165, 1.54) is 6.07 Å². The van der Waals surface area contributed by atoms with E-state index < -0.39 is 5.63 Å². The molecule has 0 spiro atoms. The van der Waals surface area contributed by atoms with Crippen LogP contribution in [0.1, 0.15) is 15.9 Å². The molecule has 4 rings (SSSR count). The maximum absolute atomic E-state index is 12.7. The Hall–Kier alpha value is -3.40. The van der Waals surface area contributed by atoms with Crippen molar-refractivity contribution in [1.29, 1.82) is 5.26 Å². The minimum Gasteiger partial charge on any atom is -0.422 e. The fourth-order valence-electron chi connectivity index (χ4n) is 2.88. The van der Waals surface area contributed by atoms with Gasteiger partial charge in [0, 0.05) is 16.0 Å². The highest BCUT2D eigenvalue weighted by atomic mass is 35.5. The summed E-state index contributed by atoms with van der Waals surface area (Å²) in [5, 5.41) is 11.1. The fraction of sp³-hybridized carbons (Fsp3) is 0.0435. The van der Waals surface area contributed by atoms with Crippen molar-refractivity contribution >= 4 is 40.1 Å². The number of halogens is 1. The number of ketones is 1. The standard InChI is InChI=1S/C23H13ClN2O3S/c24-17-8-5-14(6-9-17)19-10-7-16(12-25)22(26-19)30-13-20(27)18-11-15-3-1-2-4-21(15)29-23(18)28/h1-11H,13H2. The maximum atomic E-state index is 12.7. The van der Waals surface area contributed by atoms with E-state index in [0.717, 1.165) is 17.3 Å². The lowest BCUT2D eigenvalue weighted by molar-refractivity contribution is 0.101. The fourth-order valence-corrected chi connectivity index (χ4v) is 3.87. The van der Waals surface area contributed by atoms with Crippen LogP contribution in [-0.2, 0) is 0 Å². The van der Waals surface area contributed by atoms with E-state index in [9.17, 15) is 14.9 Å². The van der Waals surface area contributed by atoms with E-state index >= 15 is 0 Å². The summed E-state index contributed by atoms with van der Waals surface area (Å²) in [6.45, 7) is 0. The number of carbonyl (C=O) groups excluding carboxylic acids is 1. The zero-order chi connectivity index (χ0) is 21.1. The minimum absolute atomic E-state index is 0.0198. The van der Waals surface area contributed by atoms with Gasteiger partial charge >= 0.3 is 5.63 Å². The molecule has 0 saturated heterocycles. The molecular weight excluding hydrogens is 420 g/mol. The molecule has 0 aliphatic heterocycles. The molecule has 0 aliphatic carbocycles. The molecule has 30 heavy (non-hydrogen) atoms. The number of carbonyl (C=O) groups is 1. The Morgan fingerprint density at radius 3 is 2.63 bits per heavy atom. The summed E-state index contributed by atoms with van der Waals surface area (Å²) < 4.78 is 5.23. The van der Waals surface area contributed by atoms with Gasteiger partial charge in [0.1, 0.15) is 22.2 Å². The molecule has 5 nitrogen and oxygen atoms in total. The number of nitrogens with zero attached hydrogens (tertiary/aromatic N) is 2. The van der Waals surface area contributed by atoms with Crippen molar-refractivity contribution in [1.82, 2.24) is 4.98 Å². The monoisotopic (exact) mass is 432 g/mol. The molecule has 2 aromatic carbocycles. The molecule has 2 heterocycles. The lowest BCUT2D eigenvalue weighted by atomic mass is 10.1. The molecule has 2 aromatic heterocycles. The molecule has 4 aromatic rings. The quantitative estimate of drug-likeness (QED) is 0.240. The van der Waals surface area contributed by atoms with Gasteiger partial charge in [0.05, 0.1) is 17.0 Å². The van der Waals surface area contributed by atoms with Crippen LogP contribution >= 0.6 is 23.4 Å². The number of thioether (sulfide) groups is 1. The second kappa shape index (κ2) is 8.54. The second-order valence-corrected chi connectivity index (χ2v) is 7.77. The average molecular weight is 433 g/mol. The van der Waals surface area contributed by atoms with Crippen LogP contribution in [-0.4, -0.2) is 16.5 Å². The van der Waals surface area contributed by atoms with Gasteiger partial charge < -0.3 is 4.42 Å². The molecule has 0 radical (unpaired) electrons. The summed E-state index contributed by atoms with van der Waals surface area (Å²) in [6, 6.07) is 21.2. The summed E-state index contributed by atoms with van der Waals surface area (Å²) >= 11 is 7.04. The van der Waals surface area contributed by atoms with Crippen molar-refractivity contribution in [3.8, 4) is 17.3 Å². The number of hydrogen-bond donors (Lipinski definition) is 0. The Morgan fingerprint density at radius 1 is 1.10 bits per heavy atom. The van der Waals surface area contributed by atoms with Gasteiger partial charge in [-0.1, -0.05) is 53.7 Å². The van der Waals surface area contributed by atoms with E-state index in [1.807, 2.05) is 12.1 Å². The number of Topliss-reactive ketones (excluding diaryl/α,β-unsaturated/α-hetero) is 1. The smallest absolute Gasteiger partial charge is 0.347 e. The van der Waals surface area contributed by atoms with E-state index in [4.69, 9.17) is 16.0 Å². The largest absolute Gasteiger partial charge is 0.422 e. The maximum Gasteiger partial charge on any atom is 0.347 e. The zero-order valence-corrected chi connectivity index (χ0v) is 17.0. The number of aromatic nitrogens is 1. The van der Waals surface area contributed by atoms with Crippen molar-refractivity contribution in [3.63, 3.8) is 0 Å². The van der Waals surface area contributed by atoms with E-state index in [2.05, 4.69) is 11.1 Å². The first kappa shape index (κ1) is 19.9. The van der Waals surface area contributed by atoms with Crippen molar-refractivity contribution in [2.24, 2.45) is 0 Å². The third kappa shape index (κ3) is 4.13. The van der Waals surface area contributed by atoms with Crippen LogP contribution < -0.4 is 5.63 Å². The topological polar surface area (TPSA) is 84.0 Å². The molecule has 0 bridgehead atoms. The highest BCUT2D eigenvalue weighted by Gasteiger charge is 2.16. The predicted molar refractivity (Wildman–Crippen MR) is 117 cm³/mol. The van der Waals surface area contributed by atoms with Crippen LogP contribution in [0, 0.1) is 11.3 Å². The molecule has 7 heteroatoms.